The Labute approximate surface area is 175 Å². The highest BCUT2D eigenvalue weighted by Gasteiger charge is 2.37. The van der Waals surface area contributed by atoms with Crippen LogP contribution in [0.15, 0.2) is 42.0 Å². The van der Waals surface area contributed by atoms with Gasteiger partial charge in [-0.15, -0.1) is 0 Å². The highest BCUT2D eigenvalue weighted by atomic mass is 127. The van der Waals surface area contributed by atoms with Gasteiger partial charge < -0.3 is 9.84 Å². The number of carbonyl (C=O) groups excluding carboxylic acids is 3. The average molecular weight is 492 g/mol. The third kappa shape index (κ3) is 3.72. The second-order valence-corrected chi connectivity index (χ2v) is 7.19. The molecule has 28 heavy (non-hydrogen) atoms. The van der Waals surface area contributed by atoms with Crippen molar-refractivity contribution in [2.75, 3.05) is 11.5 Å². The smallest absolute Gasteiger partial charge is 0.335 e. The lowest BCUT2D eigenvalue weighted by Crippen LogP contribution is -2.54. The number of phenols is 1. The van der Waals surface area contributed by atoms with Gasteiger partial charge in [0.2, 0.25) is 0 Å². The number of nitrogens with zero attached hydrogens (tertiary/aromatic N) is 1. The van der Waals surface area contributed by atoms with Crippen LogP contribution in [0.2, 0.25) is 0 Å². The molecular formula is C20H17IN2O5. The lowest BCUT2D eigenvalue weighted by molar-refractivity contribution is -0.122. The lowest BCUT2D eigenvalue weighted by Gasteiger charge is -2.27. The molecular weight excluding hydrogens is 475 g/mol. The topological polar surface area (TPSA) is 95.9 Å². The number of para-hydroxylation sites is 1. The van der Waals surface area contributed by atoms with Gasteiger partial charge in [0, 0.05) is 0 Å². The Morgan fingerprint density at radius 1 is 1.21 bits per heavy atom. The van der Waals surface area contributed by atoms with Gasteiger partial charge in [-0.1, -0.05) is 18.2 Å². The number of benzene rings is 2. The number of carbonyl (C=O) groups is 3. The molecule has 2 N–H and O–H groups in total. The summed E-state index contributed by atoms with van der Waals surface area (Å²) in [5.74, 6) is -1.26. The highest BCUT2D eigenvalue weighted by Crippen LogP contribution is 2.34. The average Bonchev–Trinajstić information content (AvgIpc) is 2.64. The van der Waals surface area contributed by atoms with Crippen LogP contribution in [0.1, 0.15) is 18.1 Å². The van der Waals surface area contributed by atoms with E-state index in [9.17, 15) is 19.5 Å². The molecule has 0 bridgehead atoms. The van der Waals surface area contributed by atoms with Gasteiger partial charge in [0.05, 0.1) is 15.9 Å². The van der Waals surface area contributed by atoms with Crippen LogP contribution < -0.4 is 15.0 Å². The molecule has 1 aliphatic heterocycles. The van der Waals surface area contributed by atoms with E-state index < -0.39 is 17.8 Å². The lowest BCUT2D eigenvalue weighted by atomic mass is 10.1. The first-order valence-electron chi connectivity index (χ1n) is 8.46. The maximum atomic E-state index is 13.0. The van der Waals surface area contributed by atoms with Crippen molar-refractivity contribution < 1.29 is 24.2 Å². The largest absolute Gasteiger partial charge is 0.504 e. The van der Waals surface area contributed by atoms with Crippen LogP contribution in [0.5, 0.6) is 11.5 Å². The van der Waals surface area contributed by atoms with E-state index in [0.717, 1.165) is 10.5 Å². The minimum atomic E-state index is -0.795. The number of nitrogens with one attached hydrogen (secondary N) is 1. The number of barbiturate groups is 1. The number of hydrogen-bond donors (Lipinski definition) is 2. The number of anilines is 1. The van der Waals surface area contributed by atoms with Crippen molar-refractivity contribution in [3.63, 3.8) is 0 Å². The van der Waals surface area contributed by atoms with E-state index in [1.54, 1.807) is 44.2 Å². The van der Waals surface area contributed by atoms with E-state index in [-0.39, 0.29) is 17.1 Å². The summed E-state index contributed by atoms with van der Waals surface area (Å²) in [5.41, 5.74) is 1.42. The van der Waals surface area contributed by atoms with E-state index in [2.05, 4.69) is 5.32 Å². The SMILES string of the molecule is CCOc1cc(/C=C2\C(=O)NC(=O)N(c3ccccc3C)C2=O)cc(I)c1O. The van der Waals surface area contributed by atoms with Crippen LogP contribution in [-0.2, 0) is 9.59 Å². The van der Waals surface area contributed by atoms with Gasteiger partial charge in [-0.05, 0) is 71.8 Å². The summed E-state index contributed by atoms with van der Waals surface area (Å²) >= 11 is 1.93. The number of phenolic OH excluding ortho intramolecular Hbond substituents is 1. The number of halogens is 1. The summed E-state index contributed by atoms with van der Waals surface area (Å²) in [4.78, 5) is 38.5. The van der Waals surface area contributed by atoms with Crippen molar-refractivity contribution >= 4 is 52.2 Å². The van der Waals surface area contributed by atoms with Crippen LogP contribution in [0.25, 0.3) is 6.08 Å². The predicted molar refractivity (Wildman–Crippen MR) is 112 cm³/mol. The molecule has 0 atom stereocenters. The Balaban J connectivity index is 2.06. The number of urea groups is 1. The fraction of sp³-hybridized carbons (Fsp3) is 0.150. The molecule has 0 aliphatic carbocycles. The summed E-state index contributed by atoms with van der Waals surface area (Å²) in [5, 5.41) is 12.3. The molecule has 1 fully saturated rings. The molecule has 8 heteroatoms. The number of aryl methyl sites for hydroxylation is 1. The van der Waals surface area contributed by atoms with Crippen molar-refractivity contribution in [1.82, 2.24) is 5.32 Å². The maximum Gasteiger partial charge on any atom is 0.335 e. The Kier molecular flexibility index (Phi) is 5.68. The van der Waals surface area contributed by atoms with Crippen molar-refractivity contribution in [2.24, 2.45) is 0 Å². The summed E-state index contributed by atoms with van der Waals surface area (Å²) in [6.07, 6.45) is 1.37. The zero-order chi connectivity index (χ0) is 20.4. The molecule has 1 aliphatic rings. The third-order valence-corrected chi connectivity index (χ3v) is 4.94. The first-order chi connectivity index (χ1) is 13.3. The zero-order valence-electron chi connectivity index (χ0n) is 15.2. The molecule has 1 heterocycles. The first-order valence-corrected chi connectivity index (χ1v) is 9.53. The van der Waals surface area contributed by atoms with Gasteiger partial charge in [0.15, 0.2) is 11.5 Å². The van der Waals surface area contributed by atoms with Gasteiger partial charge in [0.25, 0.3) is 11.8 Å². The molecule has 4 amide bonds. The predicted octanol–water partition coefficient (Wildman–Crippen LogP) is 3.37. The van der Waals surface area contributed by atoms with Crippen LogP contribution >= 0.6 is 22.6 Å². The van der Waals surface area contributed by atoms with Gasteiger partial charge in [-0.2, -0.15) is 0 Å². The summed E-state index contributed by atoms with van der Waals surface area (Å²) in [7, 11) is 0. The molecule has 0 unspecified atom stereocenters. The number of amides is 4. The fourth-order valence-corrected chi connectivity index (χ4v) is 3.43. The standard InChI is InChI=1S/C20H17IN2O5/c1-3-28-16-10-12(9-14(21)17(16)24)8-13-18(25)22-20(27)23(19(13)26)15-7-5-4-6-11(15)2/h4-10,24H,3H2,1-2H3,(H,22,25,27)/b13-8+. The second kappa shape index (κ2) is 8.01. The molecule has 7 nitrogen and oxygen atoms in total. The van der Waals surface area contributed by atoms with Gasteiger partial charge >= 0.3 is 6.03 Å². The van der Waals surface area contributed by atoms with Crippen molar-refractivity contribution in [3.8, 4) is 11.5 Å². The fourth-order valence-electron chi connectivity index (χ4n) is 2.80. The minimum absolute atomic E-state index is 0.0132. The Bertz CT molecular complexity index is 1020. The number of ether oxygens (including phenoxy) is 1. The summed E-state index contributed by atoms with van der Waals surface area (Å²) in [6, 6.07) is 9.25. The second-order valence-electron chi connectivity index (χ2n) is 6.03. The van der Waals surface area contributed by atoms with Crippen molar-refractivity contribution in [1.29, 1.82) is 0 Å². The van der Waals surface area contributed by atoms with Gasteiger partial charge in [0.1, 0.15) is 5.57 Å². The van der Waals surface area contributed by atoms with Crippen LogP contribution in [0.3, 0.4) is 0 Å². The maximum absolute atomic E-state index is 13.0. The van der Waals surface area contributed by atoms with E-state index in [1.165, 1.54) is 12.1 Å². The monoisotopic (exact) mass is 492 g/mol. The molecule has 3 rings (SSSR count). The zero-order valence-corrected chi connectivity index (χ0v) is 17.3. The first kappa shape index (κ1) is 19.9. The number of hydrogen-bond acceptors (Lipinski definition) is 5. The highest BCUT2D eigenvalue weighted by molar-refractivity contribution is 14.1. The van der Waals surface area contributed by atoms with E-state index in [1.807, 2.05) is 22.6 Å². The molecule has 0 aromatic heterocycles. The Hall–Kier alpha value is -2.88. The molecule has 1 saturated heterocycles. The number of rotatable bonds is 4. The van der Waals surface area contributed by atoms with E-state index >= 15 is 0 Å². The quantitative estimate of drug-likeness (QED) is 0.388. The van der Waals surface area contributed by atoms with Crippen molar-refractivity contribution in [3.05, 3.63) is 56.7 Å². The Morgan fingerprint density at radius 3 is 2.61 bits per heavy atom. The molecule has 0 spiro atoms. The van der Waals surface area contributed by atoms with E-state index in [0.29, 0.717) is 21.4 Å². The molecule has 2 aromatic rings. The van der Waals surface area contributed by atoms with Gasteiger partial charge in [-0.25, -0.2) is 9.69 Å². The summed E-state index contributed by atoms with van der Waals surface area (Å²) in [6.45, 7) is 3.90. The molecule has 144 valence electrons. The van der Waals surface area contributed by atoms with Crippen molar-refractivity contribution in [2.45, 2.75) is 13.8 Å². The summed E-state index contributed by atoms with van der Waals surface area (Å²) < 4.78 is 5.90. The van der Waals surface area contributed by atoms with Gasteiger partial charge in [-0.3, -0.25) is 14.9 Å². The number of aromatic hydroxyl groups is 1. The third-order valence-electron chi connectivity index (χ3n) is 4.12. The van der Waals surface area contributed by atoms with E-state index in [4.69, 9.17) is 4.74 Å². The molecule has 0 radical (unpaired) electrons. The minimum Gasteiger partial charge on any atom is -0.504 e. The van der Waals surface area contributed by atoms with Crippen LogP contribution in [-0.4, -0.2) is 29.6 Å². The molecule has 0 saturated carbocycles. The number of imide groups is 2. The Morgan fingerprint density at radius 2 is 1.93 bits per heavy atom. The molecule has 2 aromatic carbocycles. The van der Waals surface area contributed by atoms with Crippen LogP contribution in [0.4, 0.5) is 10.5 Å². The van der Waals surface area contributed by atoms with Crippen LogP contribution in [0, 0.1) is 10.5 Å². The normalized spacial score (nSPS) is 15.8.